The van der Waals surface area contributed by atoms with Crippen LogP contribution in [0.25, 0.3) is 0 Å². The van der Waals surface area contributed by atoms with E-state index in [1.807, 2.05) is 0 Å². The van der Waals surface area contributed by atoms with Crippen LogP contribution in [-0.2, 0) is 32.7 Å². The van der Waals surface area contributed by atoms with Crippen molar-refractivity contribution in [3.8, 4) is 0 Å². The van der Waals surface area contributed by atoms with Gasteiger partial charge in [0.1, 0.15) is 0 Å². The fourth-order valence-corrected chi connectivity index (χ4v) is 2.63. The molecule has 0 amide bonds. The quantitative estimate of drug-likeness (QED) is 0.415. The van der Waals surface area contributed by atoms with E-state index >= 15 is 0 Å². The fourth-order valence-electron chi connectivity index (χ4n) is 2.63. The predicted octanol–water partition coefficient (Wildman–Crippen LogP) is 6.26. The molecule has 0 aromatic rings. The van der Waals surface area contributed by atoms with E-state index in [9.17, 15) is 0 Å². The average molecular weight is 328 g/mol. The summed E-state index contributed by atoms with van der Waals surface area (Å²) in [5, 5.41) is 0. The van der Waals surface area contributed by atoms with Crippen molar-refractivity contribution in [2.24, 2.45) is 17.8 Å². The second-order valence-electron chi connectivity index (χ2n) is 6.88. The molecule has 1 radical (unpaired) electrons. The third-order valence-corrected chi connectivity index (χ3v) is 3.63. The van der Waals surface area contributed by atoms with E-state index in [2.05, 4.69) is 41.5 Å². The van der Waals surface area contributed by atoms with Gasteiger partial charge in [0.25, 0.3) is 0 Å². The molecular formula is C17H35Y-. The largest absolute Gasteiger partial charge is 0.319 e. The number of rotatable bonds is 10. The smallest absolute Gasteiger partial charge is 0 e. The Balaban J connectivity index is 0. The molecule has 107 valence electrons. The zero-order valence-electron chi connectivity index (χ0n) is 13.8. The number of hydrogen-bond donors (Lipinski definition) is 0. The molecule has 0 spiro atoms. The fraction of sp³-hybridized carbons (Fsp3) is 0.941. The Bertz CT molecular complexity index is 163. The van der Waals surface area contributed by atoms with Crippen molar-refractivity contribution in [3.63, 3.8) is 0 Å². The molecule has 2 unspecified atom stereocenters. The standard InChI is InChI=1S/C17H35.Y/c1-14(2)9-7-10-16(5)11-8-12-17(6)13-15(3)4;/h14,16-17H,7-13H2,1-6H3;/q-1;. The van der Waals surface area contributed by atoms with Gasteiger partial charge in [-0.05, 0) is 11.8 Å². The van der Waals surface area contributed by atoms with E-state index in [-0.39, 0.29) is 32.7 Å². The molecule has 0 saturated carbocycles. The summed E-state index contributed by atoms with van der Waals surface area (Å²) in [4.78, 5) is 0. The summed E-state index contributed by atoms with van der Waals surface area (Å²) < 4.78 is 0. The molecule has 0 aliphatic rings. The molecule has 0 aliphatic carbocycles. The molecular weight excluding hydrogens is 293 g/mol. The van der Waals surface area contributed by atoms with Gasteiger partial charge in [0.2, 0.25) is 0 Å². The molecule has 18 heavy (non-hydrogen) atoms. The Labute approximate surface area is 142 Å². The molecule has 0 nitrogen and oxygen atoms in total. The van der Waals surface area contributed by atoms with E-state index in [1.165, 1.54) is 44.9 Å². The first-order valence-electron chi connectivity index (χ1n) is 7.70. The van der Waals surface area contributed by atoms with Gasteiger partial charge in [-0.15, -0.1) is 0 Å². The van der Waals surface area contributed by atoms with Gasteiger partial charge < -0.3 is 5.92 Å². The molecule has 0 aliphatic heterocycles. The summed E-state index contributed by atoms with van der Waals surface area (Å²) in [5.41, 5.74) is 0. The third kappa shape index (κ3) is 15.2. The molecule has 1 heteroatoms. The van der Waals surface area contributed by atoms with Crippen LogP contribution in [0.4, 0.5) is 0 Å². The van der Waals surface area contributed by atoms with E-state index in [1.54, 1.807) is 5.92 Å². The van der Waals surface area contributed by atoms with E-state index < -0.39 is 0 Å². The van der Waals surface area contributed by atoms with E-state index in [4.69, 9.17) is 0 Å². The Morgan fingerprint density at radius 2 is 1.17 bits per heavy atom. The Hall–Kier alpha value is 1.10. The maximum atomic E-state index is 2.43. The first-order chi connectivity index (χ1) is 7.91. The minimum atomic E-state index is 0. The third-order valence-electron chi connectivity index (χ3n) is 3.63. The van der Waals surface area contributed by atoms with Crippen LogP contribution in [0.1, 0.15) is 86.5 Å². The molecule has 0 aromatic heterocycles. The molecule has 0 heterocycles. The van der Waals surface area contributed by atoms with Crippen LogP contribution in [0.2, 0.25) is 0 Å². The first-order valence-corrected chi connectivity index (χ1v) is 7.70. The Kier molecular flexibility index (Phi) is 15.6. The normalized spacial score (nSPS) is 14.7. The van der Waals surface area contributed by atoms with Crippen LogP contribution in [0, 0.1) is 23.7 Å². The van der Waals surface area contributed by atoms with Crippen LogP contribution < -0.4 is 0 Å². The van der Waals surface area contributed by atoms with Crippen LogP contribution >= 0.6 is 0 Å². The second-order valence-corrected chi connectivity index (χ2v) is 6.88. The van der Waals surface area contributed by atoms with Crippen molar-refractivity contribution in [2.45, 2.75) is 86.5 Å². The molecule has 0 N–H and O–H groups in total. The van der Waals surface area contributed by atoms with Crippen molar-refractivity contribution >= 4 is 0 Å². The van der Waals surface area contributed by atoms with Gasteiger partial charge in [0.15, 0.2) is 0 Å². The minimum Gasteiger partial charge on any atom is -0.319 e. The van der Waals surface area contributed by atoms with Crippen molar-refractivity contribution in [2.75, 3.05) is 0 Å². The zero-order chi connectivity index (χ0) is 13.3. The van der Waals surface area contributed by atoms with Crippen molar-refractivity contribution in [1.82, 2.24) is 0 Å². The maximum absolute atomic E-state index is 2.43. The van der Waals surface area contributed by atoms with Crippen LogP contribution in [0.5, 0.6) is 0 Å². The SMILES string of the molecule is C[C-](C)CC(C)CCCC(C)CCCC(C)C.[Y]. The van der Waals surface area contributed by atoms with Gasteiger partial charge in [0, 0.05) is 32.7 Å². The molecule has 0 bridgehead atoms. The second kappa shape index (κ2) is 13.1. The number of hydrogen-bond acceptors (Lipinski definition) is 0. The van der Waals surface area contributed by atoms with Crippen LogP contribution in [0.3, 0.4) is 0 Å². The monoisotopic (exact) mass is 328 g/mol. The Morgan fingerprint density at radius 3 is 1.61 bits per heavy atom. The summed E-state index contributed by atoms with van der Waals surface area (Å²) >= 11 is 0. The zero-order valence-corrected chi connectivity index (χ0v) is 16.6. The summed E-state index contributed by atoms with van der Waals surface area (Å²) in [5.74, 6) is 4.29. The summed E-state index contributed by atoms with van der Waals surface area (Å²) in [7, 11) is 0. The molecule has 0 rings (SSSR count). The maximum Gasteiger partial charge on any atom is 0 e. The van der Waals surface area contributed by atoms with E-state index in [0.717, 1.165) is 17.8 Å². The van der Waals surface area contributed by atoms with Gasteiger partial charge in [-0.3, -0.25) is 0 Å². The topological polar surface area (TPSA) is 0 Å². The van der Waals surface area contributed by atoms with Crippen molar-refractivity contribution < 1.29 is 32.7 Å². The predicted molar refractivity (Wildman–Crippen MR) is 80.1 cm³/mol. The molecule has 0 saturated heterocycles. The summed E-state index contributed by atoms with van der Waals surface area (Å²) in [6.07, 6.45) is 9.87. The summed E-state index contributed by atoms with van der Waals surface area (Å²) in [6.45, 7) is 14.0. The van der Waals surface area contributed by atoms with Gasteiger partial charge in [-0.2, -0.15) is 20.3 Å². The van der Waals surface area contributed by atoms with Crippen LogP contribution in [-0.4, -0.2) is 0 Å². The average Bonchev–Trinajstić information content (AvgIpc) is 2.15. The molecule has 0 aromatic carbocycles. The molecule has 2 atom stereocenters. The van der Waals surface area contributed by atoms with Crippen LogP contribution in [0.15, 0.2) is 0 Å². The van der Waals surface area contributed by atoms with Gasteiger partial charge in [0.05, 0.1) is 0 Å². The molecule has 0 fully saturated rings. The van der Waals surface area contributed by atoms with Gasteiger partial charge in [-0.1, -0.05) is 72.1 Å². The van der Waals surface area contributed by atoms with E-state index in [0.29, 0.717) is 0 Å². The van der Waals surface area contributed by atoms with Crippen molar-refractivity contribution in [1.29, 1.82) is 0 Å². The van der Waals surface area contributed by atoms with Crippen molar-refractivity contribution in [3.05, 3.63) is 5.92 Å². The minimum absolute atomic E-state index is 0. The van der Waals surface area contributed by atoms with Gasteiger partial charge in [-0.25, -0.2) is 0 Å². The summed E-state index contributed by atoms with van der Waals surface area (Å²) in [6, 6.07) is 0. The van der Waals surface area contributed by atoms with Gasteiger partial charge >= 0.3 is 0 Å². The Morgan fingerprint density at radius 1 is 0.722 bits per heavy atom. The first kappa shape index (κ1) is 21.4.